The predicted molar refractivity (Wildman–Crippen MR) is 71.5 cm³/mol. The lowest BCUT2D eigenvalue weighted by molar-refractivity contribution is -0.136. The third-order valence-electron chi connectivity index (χ3n) is 2.19. The largest absolute Gasteiger partial charge is 0.494 e. The van der Waals surface area contributed by atoms with Gasteiger partial charge in [0.25, 0.3) is 0 Å². The average Bonchev–Trinajstić information content (AvgIpc) is 2.36. The second-order valence-electron chi connectivity index (χ2n) is 3.90. The number of carboxylic acids is 1. The van der Waals surface area contributed by atoms with Crippen LogP contribution in [0.25, 0.3) is 0 Å². The minimum atomic E-state index is -0.949. The molecular weight excluding hydrogens is 248 g/mol. The van der Waals surface area contributed by atoms with Gasteiger partial charge in [0.1, 0.15) is 5.75 Å². The van der Waals surface area contributed by atoms with Crippen LogP contribution in [0.4, 0.5) is 10.5 Å². The molecule has 2 amide bonds. The Morgan fingerprint density at radius 1 is 1.37 bits per heavy atom. The first-order chi connectivity index (χ1) is 9.11. The zero-order chi connectivity index (χ0) is 14.1. The lowest BCUT2D eigenvalue weighted by Gasteiger charge is -2.09. The molecule has 0 aromatic heterocycles. The van der Waals surface area contributed by atoms with Crippen LogP contribution in [-0.4, -0.2) is 30.3 Å². The van der Waals surface area contributed by atoms with E-state index in [1.54, 1.807) is 18.2 Å². The Hall–Kier alpha value is -2.24. The van der Waals surface area contributed by atoms with E-state index in [0.717, 1.165) is 6.42 Å². The highest BCUT2D eigenvalue weighted by atomic mass is 16.5. The fourth-order valence-electron chi connectivity index (χ4n) is 1.34. The maximum atomic E-state index is 11.5. The van der Waals surface area contributed by atoms with Crippen LogP contribution in [0, 0.1) is 0 Å². The van der Waals surface area contributed by atoms with Crippen LogP contribution in [-0.2, 0) is 4.79 Å². The second-order valence-corrected chi connectivity index (χ2v) is 3.90. The van der Waals surface area contributed by atoms with Crippen LogP contribution in [0.1, 0.15) is 19.8 Å². The van der Waals surface area contributed by atoms with E-state index in [-0.39, 0.29) is 13.0 Å². The number of ether oxygens (including phenoxy) is 1. The van der Waals surface area contributed by atoms with E-state index >= 15 is 0 Å². The van der Waals surface area contributed by atoms with E-state index in [1.165, 1.54) is 0 Å². The van der Waals surface area contributed by atoms with E-state index in [9.17, 15) is 9.59 Å². The fourth-order valence-corrected chi connectivity index (χ4v) is 1.34. The Bertz CT molecular complexity index is 434. The molecule has 0 saturated carbocycles. The molecule has 0 atom stereocenters. The summed E-state index contributed by atoms with van der Waals surface area (Å²) in [6.45, 7) is 2.72. The van der Waals surface area contributed by atoms with Gasteiger partial charge in [-0.15, -0.1) is 0 Å². The summed E-state index contributed by atoms with van der Waals surface area (Å²) >= 11 is 0. The van der Waals surface area contributed by atoms with Gasteiger partial charge in [-0.2, -0.15) is 0 Å². The summed E-state index contributed by atoms with van der Waals surface area (Å²) in [5.74, 6) is -0.263. The molecular formula is C13H18N2O4. The lowest BCUT2D eigenvalue weighted by Crippen LogP contribution is -2.30. The normalized spacial score (nSPS) is 9.74. The first-order valence-electron chi connectivity index (χ1n) is 6.11. The Kier molecular flexibility index (Phi) is 6.21. The molecule has 0 aliphatic carbocycles. The highest BCUT2D eigenvalue weighted by molar-refractivity contribution is 5.89. The Labute approximate surface area is 111 Å². The van der Waals surface area contributed by atoms with Gasteiger partial charge in [-0.1, -0.05) is 13.0 Å². The van der Waals surface area contributed by atoms with E-state index < -0.39 is 12.0 Å². The van der Waals surface area contributed by atoms with Gasteiger partial charge in [-0.05, 0) is 18.6 Å². The molecule has 0 spiro atoms. The van der Waals surface area contributed by atoms with Gasteiger partial charge in [0.05, 0.1) is 13.0 Å². The molecule has 3 N–H and O–H groups in total. The number of urea groups is 1. The number of benzene rings is 1. The molecule has 0 unspecified atom stereocenters. The van der Waals surface area contributed by atoms with Crippen molar-refractivity contribution in [1.82, 2.24) is 5.32 Å². The quantitative estimate of drug-likeness (QED) is 0.705. The number of amides is 2. The standard InChI is InChI=1S/C13H18N2O4/c1-2-8-19-11-5-3-4-10(9-11)15-13(18)14-7-6-12(16)17/h3-5,9H,2,6-8H2,1H3,(H,16,17)(H2,14,15,18). The van der Waals surface area contributed by atoms with Crippen molar-refractivity contribution in [3.63, 3.8) is 0 Å². The van der Waals surface area contributed by atoms with E-state index in [0.29, 0.717) is 18.0 Å². The highest BCUT2D eigenvalue weighted by Gasteiger charge is 2.03. The van der Waals surface area contributed by atoms with Crippen LogP contribution in [0.2, 0.25) is 0 Å². The van der Waals surface area contributed by atoms with Crippen molar-refractivity contribution < 1.29 is 19.4 Å². The van der Waals surface area contributed by atoms with E-state index in [1.807, 2.05) is 13.0 Å². The van der Waals surface area contributed by atoms with Crippen LogP contribution in [0.15, 0.2) is 24.3 Å². The van der Waals surface area contributed by atoms with Gasteiger partial charge in [-0.3, -0.25) is 4.79 Å². The van der Waals surface area contributed by atoms with Crippen molar-refractivity contribution in [2.24, 2.45) is 0 Å². The number of anilines is 1. The molecule has 1 aromatic carbocycles. The first-order valence-corrected chi connectivity index (χ1v) is 6.11. The molecule has 6 nitrogen and oxygen atoms in total. The lowest BCUT2D eigenvalue weighted by atomic mass is 10.3. The molecule has 6 heteroatoms. The van der Waals surface area contributed by atoms with Crippen molar-refractivity contribution in [1.29, 1.82) is 0 Å². The monoisotopic (exact) mass is 266 g/mol. The maximum Gasteiger partial charge on any atom is 0.319 e. The molecule has 0 heterocycles. The molecule has 1 aromatic rings. The van der Waals surface area contributed by atoms with Crippen LogP contribution < -0.4 is 15.4 Å². The van der Waals surface area contributed by atoms with E-state index in [2.05, 4.69) is 10.6 Å². The summed E-state index contributed by atoms with van der Waals surface area (Å²) < 4.78 is 5.44. The fraction of sp³-hybridized carbons (Fsp3) is 0.385. The molecule has 0 aliphatic heterocycles. The van der Waals surface area contributed by atoms with Crippen molar-refractivity contribution >= 4 is 17.7 Å². The number of carbonyl (C=O) groups is 2. The summed E-state index contributed by atoms with van der Waals surface area (Å²) in [7, 11) is 0. The minimum Gasteiger partial charge on any atom is -0.494 e. The van der Waals surface area contributed by atoms with Crippen LogP contribution >= 0.6 is 0 Å². The topological polar surface area (TPSA) is 87.7 Å². The van der Waals surface area contributed by atoms with Gasteiger partial charge in [0.2, 0.25) is 0 Å². The zero-order valence-corrected chi connectivity index (χ0v) is 10.8. The van der Waals surface area contributed by atoms with Gasteiger partial charge >= 0.3 is 12.0 Å². The Morgan fingerprint density at radius 2 is 2.16 bits per heavy atom. The number of hydrogen-bond acceptors (Lipinski definition) is 3. The number of nitrogens with one attached hydrogen (secondary N) is 2. The number of carboxylic acid groups (broad SMARTS) is 1. The third-order valence-corrected chi connectivity index (χ3v) is 2.19. The molecule has 1 rings (SSSR count). The van der Waals surface area contributed by atoms with Crippen molar-refractivity contribution in [2.45, 2.75) is 19.8 Å². The van der Waals surface area contributed by atoms with Crippen molar-refractivity contribution in [2.75, 3.05) is 18.5 Å². The number of aliphatic carboxylic acids is 1. The molecule has 104 valence electrons. The van der Waals surface area contributed by atoms with Crippen molar-refractivity contribution in [3.05, 3.63) is 24.3 Å². The maximum absolute atomic E-state index is 11.5. The molecule has 0 aliphatic rings. The predicted octanol–water partition coefficient (Wildman–Crippen LogP) is 2.07. The van der Waals surface area contributed by atoms with E-state index in [4.69, 9.17) is 9.84 Å². The number of hydrogen-bond donors (Lipinski definition) is 3. The first kappa shape index (κ1) is 14.8. The highest BCUT2D eigenvalue weighted by Crippen LogP contribution is 2.17. The molecule has 0 saturated heterocycles. The summed E-state index contributed by atoms with van der Waals surface area (Å²) in [6.07, 6.45) is 0.806. The smallest absolute Gasteiger partial charge is 0.319 e. The van der Waals surface area contributed by atoms with Crippen LogP contribution in [0.5, 0.6) is 5.75 Å². The average molecular weight is 266 g/mol. The Morgan fingerprint density at radius 3 is 2.84 bits per heavy atom. The van der Waals surface area contributed by atoms with Crippen molar-refractivity contribution in [3.8, 4) is 5.75 Å². The van der Waals surface area contributed by atoms with Gasteiger partial charge < -0.3 is 20.5 Å². The van der Waals surface area contributed by atoms with Gasteiger partial charge in [0, 0.05) is 18.3 Å². The summed E-state index contributed by atoms with van der Waals surface area (Å²) in [5.41, 5.74) is 0.599. The summed E-state index contributed by atoms with van der Waals surface area (Å²) in [5, 5.41) is 13.5. The molecule has 19 heavy (non-hydrogen) atoms. The Balaban J connectivity index is 2.42. The number of carbonyl (C=O) groups excluding carboxylic acids is 1. The molecule has 0 bridgehead atoms. The summed E-state index contributed by atoms with van der Waals surface area (Å²) in [4.78, 5) is 21.8. The summed E-state index contributed by atoms with van der Waals surface area (Å²) in [6, 6.07) is 6.59. The minimum absolute atomic E-state index is 0.0905. The molecule has 0 fully saturated rings. The van der Waals surface area contributed by atoms with Gasteiger partial charge in [-0.25, -0.2) is 4.79 Å². The second kappa shape index (κ2) is 7.97. The molecule has 0 radical (unpaired) electrons. The van der Waals surface area contributed by atoms with Crippen LogP contribution in [0.3, 0.4) is 0 Å². The number of rotatable bonds is 7. The SMILES string of the molecule is CCCOc1cccc(NC(=O)NCCC(=O)O)c1. The third kappa shape index (κ3) is 6.30. The zero-order valence-electron chi connectivity index (χ0n) is 10.8. The van der Waals surface area contributed by atoms with Gasteiger partial charge in [0.15, 0.2) is 0 Å².